The molecule has 0 aromatic heterocycles. The third-order valence-corrected chi connectivity index (χ3v) is 4.42. The maximum atomic E-state index is 12.5. The summed E-state index contributed by atoms with van der Waals surface area (Å²) in [6, 6.07) is 6.79. The van der Waals surface area contributed by atoms with Crippen molar-refractivity contribution in [3.8, 4) is 0 Å². The van der Waals surface area contributed by atoms with Gasteiger partial charge in [-0.3, -0.25) is 9.59 Å². The molecule has 0 bridgehead atoms. The van der Waals surface area contributed by atoms with Crippen molar-refractivity contribution in [2.75, 3.05) is 11.4 Å². The fraction of sp³-hybridized carbons (Fsp3) is 0.500. The highest BCUT2D eigenvalue weighted by atomic mass is 16.4. The number of carboxylic acid groups (broad SMARTS) is 1. The third-order valence-electron chi connectivity index (χ3n) is 4.42. The largest absolute Gasteiger partial charge is 0.480 e. The average molecular weight is 332 g/mol. The number of hydrogen-bond donors (Lipinski definition) is 2. The number of nitrogens with zero attached hydrogens (tertiary/aromatic N) is 1. The summed E-state index contributed by atoms with van der Waals surface area (Å²) in [5.41, 5.74) is 1.96. The van der Waals surface area contributed by atoms with Crippen molar-refractivity contribution in [3.05, 3.63) is 29.8 Å². The summed E-state index contributed by atoms with van der Waals surface area (Å²) in [7, 11) is 0. The molecule has 0 radical (unpaired) electrons. The van der Waals surface area contributed by atoms with E-state index in [1.165, 1.54) is 5.56 Å². The van der Waals surface area contributed by atoms with E-state index in [9.17, 15) is 14.4 Å². The van der Waals surface area contributed by atoms with Crippen LogP contribution in [0.5, 0.6) is 0 Å². The molecule has 6 nitrogen and oxygen atoms in total. The predicted octanol–water partition coefficient (Wildman–Crippen LogP) is 2.14. The molecule has 1 fully saturated rings. The highest BCUT2D eigenvalue weighted by molar-refractivity contribution is 6.10. The smallest absolute Gasteiger partial charge is 0.326 e. The van der Waals surface area contributed by atoms with Gasteiger partial charge >= 0.3 is 5.97 Å². The van der Waals surface area contributed by atoms with E-state index in [2.05, 4.69) is 19.2 Å². The fourth-order valence-electron chi connectivity index (χ4n) is 2.83. The van der Waals surface area contributed by atoms with Crippen molar-refractivity contribution >= 4 is 23.5 Å². The Morgan fingerprint density at radius 2 is 1.92 bits per heavy atom. The number of carbonyl (C=O) groups excluding carboxylic acids is 2. The number of carbonyl (C=O) groups is 3. The SMILES string of the molecule is CCC(NC(=O)C1CCN(c2ccc(C(C)C)cc2)C1=O)C(=O)O. The van der Waals surface area contributed by atoms with Crippen LogP contribution in [0.2, 0.25) is 0 Å². The van der Waals surface area contributed by atoms with Crippen molar-refractivity contribution in [3.63, 3.8) is 0 Å². The Kier molecular flexibility index (Phi) is 5.59. The quantitative estimate of drug-likeness (QED) is 0.782. The lowest BCUT2D eigenvalue weighted by molar-refractivity contribution is -0.143. The molecule has 1 aliphatic heterocycles. The van der Waals surface area contributed by atoms with Gasteiger partial charge < -0.3 is 15.3 Å². The van der Waals surface area contributed by atoms with Crippen molar-refractivity contribution in [2.45, 2.75) is 45.6 Å². The maximum absolute atomic E-state index is 12.5. The highest BCUT2D eigenvalue weighted by Gasteiger charge is 2.38. The van der Waals surface area contributed by atoms with E-state index in [-0.39, 0.29) is 12.3 Å². The third kappa shape index (κ3) is 3.75. The molecule has 1 saturated heterocycles. The van der Waals surface area contributed by atoms with Crippen molar-refractivity contribution < 1.29 is 19.5 Å². The van der Waals surface area contributed by atoms with Crippen LogP contribution in [-0.4, -0.2) is 35.5 Å². The minimum absolute atomic E-state index is 0.273. The number of carboxylic acids is 1. The van der Waals surface area contributed by atoms with Gasteiger partial charge in [0, 0.05) is 12.2 Å². The molecule has 1 heterocycles. The van der Waals surface area contributed by atoms with Gasteiger partial charge in [-0.05, 0) is 36.5 Å². The first kappa shape index (κ1) is 18.0. The Morgan fingerprint density at radius 3 is 2.42 bits per heavy atom. The topological polar surface area (TPSA) is 86.7 Å². The summed E-state index contributed by atoms with van der Waals surface area (Å²) in [5.74, 6) is -2.27. The van der Waals surface area contributed by atoms with E-state index in [0.29, 0.717) is 18.9 Å². The molecule has 24 heavy (non-hydrogen) atoms. The Bertz CT molecular complexity index is 624. The molecule has 2 atom stereocenters. The van der Waals surface area contributed by atoms with Crippen molar-refractivity contribution in [1.29, 1.82) is 0 Å². The number of aliphatic carboxylic acids is 1. The van der Waals surface area contributed by atoms with Gasteiger partial charge in [-0.1, -0.05) is 32.9 Å². The predicted molar refractivity (Wildman–Crippen MR) is 90.8 cm³/mol. The van der Waals surface area contributed by atoms with Crippen molar-refractivity contribution in [2.24, 2.45) is 5.92 Å². The molecule has 6 heteroatoms. The monoisotopic (exact) mass is 332 g/mol. The maximum Gasteiger partial charge on any atom is 0.326 e. The van der Waals surface area contributed by atoms with E-state index in [1.54, 1.807) is 11.8 Å². The van der Waals surface area contributed by atoms with Gasteiger partial charge in [0.15, 0.2) is 0 Å². The Labute approximate surface area is 141 Å². The summed E-state index contributed by atoms with van der Waals surface area (Å²) in [6.45, 7) is 6.34. The van der Waals surface area contributed by atoms with Crippen LogP contribution >= 0.6 is 0 Å². The molecule has 130 valence electrons. The first-order valence-electron chi connectivity index (χ1n) is 8.29. The molecule has 1 aliphatic rings. The number of amides is 2. The van der Waals surface area contributed by atoms with Crippen molar-refractivity contribution in [1.82, 2.24) is 5.32 Å². The van der Waals surface area contributed by atoms with Crippen LogP contribution < -0.4 is 10.2 Å². The minimum atomic E-state index is -1.09. The normalized spacial score (nSPS) is 18.8. The van der Waals surface area contributed by atoms with Gasteiger partial charge in [-0.15, -0.1) is 0 Å². The minimum Gasteiger partial charge on any atom is -0.480 e. The first-order chi connectivity index (χ1) is 11.3. The molecule has 0 aliphatic carbocycles. The lowest BCUT2D eigenvalue weighted by Crippen LogP contribution is -2.45. The Morgan fingerprint density at radius 1 is 1.29 bits per heavy atom. The van der Waals surface area contributed by atoms with E-state index in [0.717, 1.165) is 5.69 Å². The van der Waals surface area contributed by atoms with Crippen LogP contribution in [0.15, 0.2) is 24.3 Å². The van der Waals surface area contributed by atoms with Crippen LogP contribution in [-0.2, 0) is 14.4 Å². The average Bonchev–Trinajstić information content (AvgIpc) is 2.93. The summed E-state index contributed by atoms with van der Waals surface area (Å²) in [5, 5.41) is 11.5. The van der Waals surface area contributed by atoms with Crippen LogP contribution in [0.25, 0.3) is 0 Å². The van der Waals surface area contributed by atoms with Gasteiger partial charge in [0.1, 0.15) is 12.0 Å². The number of nitrogens with one attached hydrogen (secondary N) is 1. The first-order valence-corrected chi connectivity index (χ1v) is 8.29. The molecule has 2 amide bonds. The molecular formula is C18H24N2O4. The molecule has 2 rings (SSSR count). The molecule has 2 N–H and O–H groups in total. The van der Waals surface area contributed by atoms with Gasteiger partial charge in [-0.2, -0.15) is 0 Å². The second-order valence-electron chi connectivity index (χ2n) is 6.39. The lowest BCUT2D eigenvalue weighted by atomic mass is 10.0. The number of rotatable bonds is 6. The summed E-state index contributed by atoms with van der Waals surface area (Å²) in [4.78, 5) is 37.4. The van der Waals surface area contributed by atoms with Gasteiger partial charge in [0.2, 0.25) is 11.8 Å². The molecule has 0 spiro atoms. The standard InChI is InChI=1S/C18H24N2O4/c1-4-15(18(23)24)19-16(21)14-9-10-20(17(14)22)13-7-5-12(6-8-13)11(2)3/h5-8,11,14-15H,4,9-10H2,1-3H3,(H,19,21)(H,23,24). The van der Waals surface area contributed by atoms with Crippen LogP contribution in [0.4, 0.5) is 5.69 Å². The van der Waals surface area contributed by atoms with E-state index < -0.39 is 23.8 Å². The van der Waals surface area contributed by atoms with Gasteiger partial charge in [0.25, 0.3) is 0 Å². The zero-order valence-corrected chi connectivity index (χ0v) is 14.3. The summed E-state index contributed by atoms with van der Waals surface area (Å²) in [6.07, 6.45) is 0.676. The van der Waals surface area contributed by atoms with Gasteiger partial charge in [0.05, 0.1) is 0 Å². The lowest BCUT2D eigenvalue weighted by Gasteiger charge is -2.18. The Hall–Kier alpha value is -2.37. The summed E-state index contributed by atoms with van der Waals surface area (Å²) < 4.78 is 0. The second kappa shape index (κ2) is 7.47. The van der Waals surface area contributed by atoms with Crippen LogP contribution in [0.1, 0.15) is 45.1 Å². The molecular weight excluding hydrogens is 308 g/mol. The zero-order chi connectivity index (χ0) is 17.9. The number of hydrogen-bond acceptors (Lipinski definition) is 3. The van der Waals surface area contributed by atoms with E-state index in [1.807, 2.05) is 24.3 Å². The van der Waals surface area contributed by atoms with Gasteiger partial charge in [-0.25, -0.2) is 4.79 Å². The second-order valence-corrected chi connectivity index (χ2v) is 6.39. The molecule has 1 aromatic rings. The number of anilines is 1. The zero-order valence-electron chi connectivity index (χ0n) is 14.3. The Balaban J connectivity index is 2.06. The van der Waals surface area contributed by atoms with E-state index in [4.69, 9.17) is 5.11 Å². The van der Waals surface area contributed by atoms with Crippen LogP contribution in [0, 0.1) is 5.92 Å². The molecule has 2 unspecified atom stereocenters. The highest BCUT2D eigenvalue weighted by Crippen LogP contribution is 2.27. The number of benzene rings is 1. The summed E-state index contributed by atoms with van der Waals surface area (Å²) >= 11 is 0. The fourth-order valence-corrected chi connectivity index (χ4v) is 2.83. The van der Waals surface area contributed by atoms with E-state index >= 15 is 0 Å². The molecule has 1 aromatic carbocycles. The van der Waals surface area contributed by atoms with Crippen LogP contribution in [0.3, 0.4) is 0 Å². The molecule has 0 saturated carbocycles.